The van der Waals surface area contributed by atoms with Gasteiger partial charge in [0.1, 0.15) is 0 Å². The zero-order valence-corrected chi connectivity index (χ0v) is 5.42. The van der Waals surface area contributed by atoms with Gasteiger partial charge in [-0.05, 0) is 6.08 Å². The van der Waals surface area contributed by atoms with E-state index in [1.165, 1.54) is 0 Å². The van der Waals surface area contributed by atoms with Crippen molar-refractivity contribution in [3.8, 4) is 0 Å². The van der Waals surface area contributed by atoms with Crippen LogP contribution in [-0.4, -0.2) is 12.0 Å². The summed E-state index contributed by atoms with van der Waals surface area (Å²) in [6, 6.07) is 0. The van der Waals surface area contributed by atoms with E-state index < -0.39 is 0 Å². The zero-order valence-electron chi connectivity index (χ0n) is 5.42. The SMILES string of the molecule is C=C1C(=N)C=CC=C1C=O. The predicted molar refractivity (Wildman–Crippen MR) is 40.2 cm³/mol. The van der Waals surface area contributed by atoms with Gasteiger partial charge in [0.15, 0.2) is 6.29 Å². The Labute approximate surface area is 59.1 Å². The fourth-order valence-electron chi connectivity index (χ4n) is 0.715. The van der Waals surface area contributed by atoms with Crippen molar-refractivity contribution in [2.45, 2.75) is 0 Å². The van der Waals surface area contributed by atoms with Crippen molar-refractivity contribution in [2.24, 2.45) is 0 Å². The molecule has 0 fully saturated rings. The summed E-state index contributed by atoms with van der Waals surface area (Å²) in [5.74, 6) is 0. The van der Waals surface area contributed by atoms with Crippen molar-refractivity contribution in [1.29, 1.82) is 5.41 Å². The zero-order chi connectivity index (χ0) is 7.56. The second kappa shape index (κ2) is 2.43. The Bertz CT molecular complexity index is 258. The van der Waals surface area contributed by atoms with Crippen LogP contribution in [0.25, 0.3) is 0 Å². The van der Waals surface area contributed by atoms with E-state index in [0.29, 0.717) is 23.1 Å². The fourth-order valence-corrected chi connectivity index (χ4v) is 0.715. The van der Waals surface area contributed by atoms with Crippen LogP contribution in [0.2, 0.25) is 0 Å². The molecule has 1 rings (SSSR count). The second-order valence-corrected chi connectivity index (χ2v) is 1.99. The van der Waals surface area contributed by atoms with Gasteiger partial charge in [0, 0.05) is 11.1 Å². The molecule has 0 aliphatic heterocycles. The lowest BCUT2D eigenvalue weighted by atomic mass is 9.99. The molecule has 0 bridgehead atoms. The second-order valence-electron chi connectivity index (χ2n) is 1.99. The summed E-state index contributed by atoms with van der Waals surface area (Å²) in [5, 5.41) is 7.24. The highest BCUT2D eigenvalue weighted by atomic mass is 16.1. The quantitative estimate of drug-likeness (QED) is 0.537. The Morgan fingerprint density at radius 1 is 1.60 bits per heavy atom. The molecule has 0 amide bonds. The Morgan fingerprint density at radius 2 is 2.30 bits per heavy atom. The molecule has 1 aliphatic carbocycles. The third kappa shape index (κ3) is 0.957. The number of carbonyl (C=O) groups is 1. The van der Waals surface area contributed by atoms with Gasteiger partial charge in [-0.25, -0.2) is 0 Å². The van der Waals surface area contributed by atoms with Crippen LogP contribution in [0.3, 0.4) is 0 Å². The first kappa shape index (κ1) is 6.68. The summed E-state index contributed by atoms with van der Waals surface area (Å²) < 4.78 is 0. The number of rotatable bonds is 1. The summed E-state index contributed by atoms with van der Waals surface area (Å²) in [5.41, 5.74) is 1.30. The molecule has 2 heteroatoms. The Kier molecular flexibility index (Phi) is 1.63. The highest BCUT2D eigenvalue weighted by molar-refractivity contribution is 6.14. The molecule has 0 radical (unpaired) electrons. The van der Waals surface area contributed by atoms with Gasteiger partial charge < -0.3 is 5.41 Å². The first-order valence-corrected chi connectivity index (χ1v) is 2.87. The molecule has 1 aliphatic rings. The van der Waals surface area contributed by atoms with E-state index in [4.69, 9.17) is 5.41 Å². The van der Waals surface area contributed by atoms with Crippen LogP contribution >= 0.6 is 0 Å². The number of carbonyl (C=O) groups excluding carboxylic acids is 1. The highest BCUT2D eigenvalue weighted by Gasteiger charge is 2.06. The molecule has 0 aromatic carbocycles. The molecule has 0 spiro atoms. The van der Waals surface area contributed by atoms with Crippen LogP contribution in [0.15, 0.2) is 36.0 Å². The maximum Gasteiger partial charge on any atom is 0.150 e. The number of aldehydes is 1. The lowest BCUT2D eigenvalue weighted by Gasteiger charge is -2.05. The third-order valence-electron chi connectivity index (χ3n) is 1.34. The molecule has 0 heterocycles. The van der Waals surface area contributed by atoms with Gasteiger partial charge in [0.05, 0.1) is 5.71 Å². The summed E-state index contributed by atoms with van der Waals surface area (Å²) >= 11 is 0. The molecule has 0 atom stereocenters. The first-order chi connectivity index (χ1) is 4.75. The summed E-state index contributed by atoms with van der Waals surface area (Å²) in [7, 11) is 0. The van der Waals surface area contributed by atoms with E-state index in [9.17, 15) is 4.79 Å². The van der Waals surface area contributed by atoms with Crippen LogP contribution in [-0.2, 0) is 4.79 Å². The minimum atomic E-state index is 0.310. The van der Waals surface area contributed by atoms with E-state index in [-0.39, 0.29) is 0 Å². The maximum atomic E-state index is 10.3. The van der Waals surface area contributed by atoms with Crippen molar-refractivity contribution >= 4 is 12.0 Å². The van der Waals surface area contributed by atoms with Crippen LogP contribution in [0.1, 0.15) is 0 Å². The Morgan fingerprint density at radius 3 is 2.80 bits per heavy atom. The lowest BCUT2D eigenvalue weighted by molar-refractivity contribution is -0.104. The topological polar surface area (TPSA) is 40.9 Å². The Hall–Kier alpha value is -1.44. The monoisotopic (exact) mass is 133 g/mol. The van der Waals surface area contributed by atoms with Crippen molar-refractivity contribution in [2.75, 3.05) is 0 Å². The van der Waals surface area contributed by atoms with Crippen LogP contribution in [0, 0.1) is 5.41 Å². The molecular formula is C8H7NO. The fraction of sp³-hybridized carbons (Fsp3) is 0. The molecule has 0 aromatic heterocycles. The molecule has 50 valence electrons. The molecule has 0 unspecified atom stereocenters. The van der Waals surface area contributed by atoms with Gasteiger partial charge in [-0.3, -0.25) is 4.79 Å². The van der Waals surface area contributed by atoms with Crippen molar-refractivity contribution in [3.63, 3.8) is 0 Å². The van der Waals surface area contributed by atoms with Crippen LogP contribution in [0.4, 0.5) is 0 Å². The van der Waals surface area contributed by atoms with Crippen LogP contribution in [0.5, 0.6) is 0 Å². The predicted octanol–water partition coefficient (Wildman–Crippen LogP) is 1.26. The average Bonchev–Trinajstić information content (AvgIpc) is 1.95. The van der Waals surface area contributed by atoms with E-state index >= 15 is 0 Å². The van der Waals surface area contributed by atoms with Gasteiger partial charge in [-0.15, -0.1) is 0 Å². The number of hydrogen-bond donors (Lipinski definition) is 1. The third-order valence-corrected chi connectivity index (χ3v) is 1.34. The highest BCUT2D eigenvalue weighted by Crippen LogP contribution is 2.11. The average molecular weight is 133 g/mol. The number of hydrogen-bond acceptors (Lipinski definition) is 2. The summed E-state index contributed by atoms with van der Waals surface area (Å²) in [6.45, 7) is 3.57. The lowest BCUT2D eigenvalue weighted by Crippen LogP contribution is -2.03. The normalized spacial score (nSPS) is 17.0. The van der Waals surface area contributed by atoms with Gasteiger partial charge >= 0.3 is 0 Å². The van der Waals surface area contributed by atoms with Crippen molar-refractivity contribution < 1.29 is 4.79 Å². The summed E-state index contributed by atoms with van der Waals surface area (Å²) in [4.78, 5) is 10.3. The van der Waals surface area contributed by atoms with Gasteiger partial charge in [0.25, 0.3) is 0 Å². The minimum absolute atomic E-state index is 0.310. The van der Waals surface area contributed by atoms with E-state index in [0.717, 1.165) is 0 Å². The maximum absolute atomic E-state index is 10.3. The van der Waals surface area contributed by atoms with E-state index in [2.05, 4.69) is 6.58 Å². The van der Waals surface area contributed by atoms with Crippen molar-refractivity contribution in [3.05, 3.63) is 36.0 Å². The largest absolute Gasteiger partial charge is 0.300 e. The minimum Gasteiger partial charge on any atom is -0.300 e. The number of allylic oxidation sites excluding steroid dienone is 5. The smallest absolute Gasteiger partial charge is 0.150 e. The van der Waals surface area contributed by atoms with Gasteiger partial charge in [-0.1, -0.05) is 18.7 Å². The molecule has 1 N–H and O–H groups in total. The van der Waals surface area contributed by atoms with Gasteiger partial charge in [-0.2, -0.15) is 0 Å². The molecule has 0 saturated heterocycles. The molecular weight excluding hydrogens is 126 g/mol. The molecule has 0 saturated carbocycles. The standard InChI is InChI=1S/C8H7NO/c1-6-7(5-10)3-2-4-8(6)9/h2-5,9H,1H2. The number of nitrogens with one attached hydrogen (secondary N) is 1. The van der Waals surface area contributed by atoms with Crippen LogP contribution < -0.4 is 0 Å². The molecule has 2 nitrogen and oxygen atoms in total. The van der Waals surface area contributed by atoms with E-state index in [1.54, 1.807) is 18.2 Å². The van der Waals surface area contributed by atoms with E-state index in [1.807, 2.05) is 0 Å². The molecule has 0 aromatic rings. The molecule has 10 heavy (non-hydrogen) atoms. The van der Waals surface area contributed by atoms with Crippen molar-refractivity contribution in [1.82, 2.24) is 0 Å². The van der Waals surface area contributed by atoms with Gasteiger partial charge in [0.2, 0.25) is 0 Å². The summed E-state index contributed by atoms with van der Waals surface area (Å²) in [6.07, 6.45) is 5.63. The Balaban J connectivity index is 3.03. The first-order valence-electron chi connectivity index (χ1n) is 2.87.